The van der Waals surface area contributed by atoms with E-state index >= 15 is 0 Å². The molecule has 0 saturated carbocycles. The molecule has 5 nitrogen and oxygen atoms in total. The number of amides is 1. The number of phenols is 1. The molecule has 1 amide bonds. The quantitative estimate of drug-likeness (QED) is 0.727. The van der Waals surface area contributed by atoms with E-state index in [9.17, 15) is 9.59 Å². The van der Waals surface area contributed by atoms with Crippen LogP contribution in [0.5, 0.6) is 5.75 Å². The van der Waals surface area contributed by atoms with E-state index in [2.05, 4.69) is 10.3 Å². The molecule has 20 heavy (non-hydrogen) atoms. The number of ketones is 1. The van der Waals surface area contributed by atoms with E-state index in [1.807, 2.05) is 12.1 Å². The zero-order valence-corrected chi connectivity index (χ0v) is 11.1. The number of benzene rings is 1. The lowest BCUT2D eigenvalue weighted by atomic mass is 10.1. The van der Waals surface area contributed by atoms with E-state index in [1.165, 1.54) is 6.92 Å². The van der Waals surface area contributed by atoms with Crippen LogP contribution < -0.4 is 5.32 Å². The van der Waals surface area contributed by atoms with E-state index in [1.54, 1.807) is 24.3 Å². The van der Waals surface area contributed by atoms with E-state index < -0.39 is 0 Å². The molecule has 5 heteroatoms. The second-order valence-electron chi connectivity index (χ2n) is 4.51. The molecule has 0 fully saturated rings. The van der Waals surface area contributed by atoms with Gasteiger partial charge in [-0.2, -0.15) is 0 Å². The highest BCUT2D eigenvalue weighted by Crippen LogP contribution is 2.09. The molecule has 0 unspecified atom stereocenters. The molecule has 3 N–H and O–H groups in total. The van der Waals surface area contributed by atoms with Crippen LogP contribution in [0.4, 0.5) is 0 Å². The van der Waals surface area contributed by atoms with Crippen LogP contribution in [0, 0.1) is 0 Å². The second kappa shape index (κ2) is 6.06. The van der Waals surface area contributed by atoms with Gasteiger partial charge < -0.3 is 15.4 Å². The third kappa shape index (κ3) is 3.47. The maximum atomic E-state index is 11.8. The van der Waals surface area contributed by atoms with Crippen LogP contribution in [-0.2, 0) is 6.42 Å². The number of aromatic amines is 1. The van der Waals surface area contributed by atoms with E-state index in [0.717, 1.165) is 5.56 Å². The topological polar surface area (TPSA) is 82.2 Å². The van der Waals surface area contributed by atoms with Crippen molar-refractivity contribution in [1.82, 2.24) is 10.3 Å². The van der Waals surface area contributed by atoms with Gasteiger partial charge in [-0.05, 0) is 36.2 Å². The van der Waals surface area contributed by atoms with Crippen LogP contribution in [-0.4, -0.2) is 28.3 Å². The third-order valence-corrected chi connectivity index (χ3v) is 2.95. The zero-order chi connectivity index (χ0) is 14.5. The van der Waals surface area contributed by atoms with Gasteiger partial charge in [-0.15, -0.1) is 0 Å². The fourth-order valence-corrected chi connectivity index (χ4v) is 1.81. The van der Waals surface area contributed by atoms with Gasteiger partial charge in [0.25, 0.3) is 5.91 Å². The average molecular weight is 272 g/mol. The van der Waals surface area contributed by atoms with E-state index in [4.69, 9.17) is 5.11 Å². The van der Waals surface area contributed by atoms with Crippen molar-refractivity contribution in [2.45, 2.75) is 13.3 Å². The molecule has 1 aromatic heterocycles. The maximum Gasteiger partial charge on any atom is 0.267 e. The molecular formula is C15H16N2O3. The molecular weight excluding hydrogens is 256 g/mol. The summed E-state index contributed by atoms with van der Waals surface area (Å²) in [6.07, 6.45) is 0.673. The summed E-state index contributed by atoms with van der Waals surface area (Å²) < 4.78 is 0. The predicted octanol–water partition coefficient (Wildman–Crippen LogP) is 1.90. The van der Waals surface area contributed by atoms with Gasteiger partial charge in [-0.3, -0.25) is 9.59 Å². The Balaban J connectivity index is 1.85. The van der Waals surface area contributed by atoms with Gasteiger partial charge in [-0.25, -0.2) is 0 Å². The number of aromatic nitrogens is 1. The summed E-state index contributed by atoms with van der Waals surface area (Å²) in [4.78, 5) is 25.7. The minimum Gasteiger partial charge on any atom is -0.508 e. The third-order valence-electron chi connectivity index (χ3n) is 2.95. The second-order valence-corrected chi connectivity index (χ2v) is 4.51. The lowest BCUT2D eigenvalue weighted by Crippen LogP contribution is -2.26. The van der Waals surface area contributed by atoms with Gasteiger partial charge in [0.2, 0.25) is 0 Å². The Morgan fingerprint density at radius 1 is 1.10 bits per heavy atom. The minimum absolute atomic E-state index is 0.104. The van der Waals surface area contributed by atoms with Gasteiger partial charge in [0.1, 0.15) is 11.4 Å². The van der Waals surface area contributed by atoms with Crippen LogP contribution in [0.1, 0.15) is 33.5 Å². The van der Waals surface area contributed by atoms with Crippen molar-refractivity contribution in [2.75, 3.05) is 6.54 Å². The molecule has 0 aliphatic rings. The molecule has 1 aromatic carbocycles. The molecule has 0 radical (unpaired) electrons. The van der Waals surface area contributed by atoms with Crippen LogP contribution in [0.2, 0.25) is 0 Å². The number of aromatic hydroxyl groups is 1. The van der Waals surface area contributed by atoms with Gasteiger partial charge in [0.05, 0.1) is 5.69 Å². The van der Waals surface area contributed by atoms with Crippen LogP contribution in [0.15, 0.2) is 36.4 Å². The summed E-state index contributed by atoms with van der Waals surface area (Å²) in [5.74, 6) is -0.120. The summed E-state index contributed by atoms with van der Waals surface area (Å²) >= 11 is 0. The number of carbonyl (C=O) groups is 2. The summed E-state index contributed by atoms with van der Waals surface area (Å²) in [5.41, 5.74) is 1.83. The number of Topliss-reactive ketones (excluding diaryl/α,β-unsaturated/α-hetero) is 1. The van der Waals surface area contributed by atoms with Crippen LogP contribution in [0.25, 0.3) is 0 Å². The standard InChI is InChI=1S/C15H16N2O3/c1-10(18)13-6-7-14(17-13)15(20)16-9-8-11-2-4-12(19)5-3-11/h2-7,17,19H,8-9H2,1H3,(H,16,20). The first kappa shape index (κ1) is 13.9. The Hall–Kier alpha value is -2.56. The number of hydrogen-bond acceptors (Lipinski definition) is 3. The molecule has 0 aliphatic heterocycles. The molecule has 104 valence electrons. The van der Waals surface area contributed by atoms with Gasteiger partial charge in [-0.1, -0.05) is 12.1 Å². The number of phenolic OH excluding ortho intramolecular Hbond substituents is 1. The Morgan fingerprint density at radius 2 is 1.75 bits per heavy atom. The zero-order valence-electron chi connectivity index (χ0n) is 11.1. The molecule has 0 saturated heterocycles. The van der Waals surface area contributed by atoms with Crippen LogP contribution >= 0.6 is 0 Å². The number of nitrogens with one attached hydrogen (secondary N) is 2. The SMILES string of the molecule is CC(=O)c1ccc(C(=O)NCCc2ccc(O)cc2)[nH]1. The molecule has 2 rings (SSSR count). The predicted molar refractivity (Wildman–Crippen MR) is 74.9 cm³/mol. The highest BCUT2D eigenvalue weighted by atomic mass is 16.3. The first-order valence-electron chi connectivity index (χ1n) is 6.32. The van der Waals surface area contributed by atoms with E-state index in [-0.39, 0.29) is 17.4 Å². The van der Waals surface area contributed by atoms with Crippen molar-refractivity contribution in [3.05, 3.63) is 53.3 Å². The van der Waals surface area contributed by atoms with Gasteiger partial charge >= 0.3 is 0 Å². The van der Waals surface area contributed by atoms with Crippen molar-refractivity contribution in [1.29, 1.82) is 0 Å². The summed E-state index contributed by atoms with van der Waals surface area (Å²) in [7, 11) is 0. The van der Waals surface area contributed by atoms with Gasteiger partial charge in [0.15, 0.2) is 5.78 Å². The van der Waals surface area contributed by atoms with Crippen molar-refractivity contribution >= 4 is 11.7 Å². The molecule has 0 atom stereocenters. The Bertz CT molecular complexity index is 614. The Labute approximate surface area is 116 Å². The molecule has 2 aromatic rings. The molecule has 0 spiro atoms. The first-order chi connectivity index (χ1) is 9.56. The minimum atomic E-state index is -0.240. The van der Waals surface area contributed by atoms with Crippen LogP contribution in [0.3, 0.4) is 0 Å². The fourth-order valence-electron chi connectivity index (χ4n) is 1.81. The largest absolute Gasteiger partial charge is 0.508 e. The highest BCUT2D eigenvalue weighted by molar-refractivity contribution is 5.97. The van der Waals surface area contributed by atoms with Gasteiger partial charge in [0, 0.05) is 13.5 Å². The summed E-state index contributed by atoms with van der Waals surface area (Å²) in [6.45, 7) is 1.93. The first-order valence-corrected chi connectivity index (χ1v) is 6.32. The maximum absolute atomic E-state index is 11.8. The molecule has 0 aliphatic carbocycles. The van der Waals surface area contributed by atoms with Crippen molar-refractivity contribution in [3.8, 4) is 5.75 Å². The number of carbonyl (C=O) groups excluding carboxylic acids is 2. The monoisotopic (exact) mass is 272 g/mol. The van der Waals surface area contributed by atoms with Crippen molar-refractivity contribution in [3.63, 3.8) is 0 Å². The smallest absolute Gasteiger partial charge is 0.267 e. The Kier molecular flexibility index (Phi) is 4.20. The summed E-state index contributed by atoms with van der Waals surface area (Å²) in [6, 6.07) is 10.0. The van der Waals surface area contributed by atoms with Crippen molar-refractivity contribution < 1.29 is 14.7 Å². The Morgan fingerprint density at radius 3 is 2.35 bits per heavy atom. The summed E-state index contributed by atoms with van der Waals surface area (Å²) in [5, 5.41) is 11.9. The lowest BCUT2D eigenvalue weighted by Gasteiger charge is -2.04. The number of rotatable bonds is 5. The van der Waals surface area contributed by atoms with E-state index in [0.29, 0.717) is 24.4 Å². The highest BCUT2D eigenvalue weighted by Gasteiger charge is 2.09. The number of H-pyrrole nitrogens is 1. The molecule has 1 heterocycles. The lowest BCUT2D eigenvalue weighted by molar-refractivity contribution is 0.0949. The molecule has 0 bridgehead atoms. The number of hydrogen-bond donors (Lipinski definition) is 3. The normalized spacial score (nSPS) is 10.2. The van der Waals surface area contributed by atoms with Crippen molar-refractivity contribution in [2.24, 2.45) is 0 Å². The average Bonchev–Trinajstić information content (AvgIpc) is 2.91. The fraction of sp³-hybridized carbons (Fsp3) is 0.200.